The van der Waals surface area contributed by atoms with Gasteiger partial charge in [-0.2, -0.15) is 0 Å². The third-order valence-electron chi connectivity index (χ3n) is 1.72. The second kappa shape index (κ2) is 11.3. The van der Waals surface area contributed by atoms with E-state index in [9.17, 15) is 9.59 Å². The number of hydrogen-bond donors (Lipinski definition) is 2. The minimum absolute atomic E-state index is 0. The first kappa shape index (κ1) is 16.6. The fourth-order valence-electron chi connectivity index (χ4n) is 0.914. The van der Waals surface area contributed by atoms with Crippen LogP contribution in [0.25, 0.3) is 0 Å². The molecule has 0 saturated carbocycles. The van der Waals surface area contributed by atoms with Crippen LogP contribution in [0.4, 0.5) is 0 Å². The molecule has 0 radical (unpaired) electrons. The molecule has 0 rings (SSSR count). The zero-order valence-electron chi connectivity index (χ0n) is 8.95. The van der Waals surface area contributed by atoms with Crippen molar-refractivity contribution < 1.29 is 14.3 Å². The van der Waals surface area contributed by atoms with Crippen LogP contribution in [0, 0.1) is 0 Å². The number of hydrogen-bond acceptors (Lipinski definition) is 4. The second-order valence-electron chi connectivity index (χ2n) is 2.92. The average molecular weight is 239 g/mol. The summed E-state index contributed by atoms with van der Waals surface area (Å²) >= 11 is 0. The Hall–Kier alpha value is -0.810. The summed E-state index contributed by atoms with van der Waals surface area (Å²) < 4.78 is 4.45. The van der Waals surface area contributed by atoms with Crippen molar-refractivity contribution >= 4 is 24.3 Å². The van der Waals surface area contributed by atoms with E-state index in [2.05, 4.69) is 10.1 Å². The first-order valence-electron chi connectivity index (χ1n) is 4.74. The summed E-state index contributed by atoms with van der Waals surface area (Å²) in [6.07, 6.45) is 2.10. The standard InChI is InChI=1S/C9H18N2O3.ClH/c1-14-9(13)5-3-7-11-8(12)4-2-6-10;/h2-7,10H2,1H3,(H,11,12);1H. The first-order chi connectivity index (χ1) is 6.70. The van der Waals surface area contributed by atoms with E-state index in [0.29, 0.717) is 38.8 Å². The van der Waals surface area contributed by atoms with E-state index >= 15 is 0 Å². The highest BCUT2D eigenvalue weighted by Gasteiger charge is 2.01. The van der Waals surface area contributed by atoms with Crippen molar-refractivity contribution in [3.05, 3.63) is 0 Å². The zero-order chi connectivity index (χ0) is 10.8. The van der Waals surface area contributed by atoms with E-state index < -0.39 is 0 Å². The van der Waals surface area contributed by atoms with Gasteiger partial charge in [0.25, 0.3) is 0 Å². The molecule has 0 heterocycles. The quantitative estimate of drug-likeness (QED) is 0.491. The predicted molar refractivity (Wildman–Crippen MR) is 59.8 cm³/mol. The maximum Gasteiger partial charge on any atom is 0.305 e. The highest BCUT2D eigenvalue weighted by molar-refractivity contribution is 5.85. The Labute approximate surface area is 96.1 Å². The van der Waals surface area contributed by atoms with Crippen LogP contribution in [-0.4, -0.2) is 32.1 Å². The zero-order valence-corrected chi connectivity index (χ0v) is 9.77. The second-order valence-corrected chi connectivity index (χ2v) is 2.92. The summed E-state index contributed by atoms with van der Waals surface area (Å²) in [6, 6.07) is 0. The molecule has 0 saturated heterocycles. The first-order valence-corrected chi connectivity index (χ1v) is 4.74. The Balaban J connectivity index is 0. The summed E-state index contributed by atoms with van der Waals surface area (Å²) in [5, 5.41) is 2.69. The Morgan fingerprint density at radius 1 is 1.27 bits per heavy atom. The summed E-state index contributed by atoms with van der Waals surface area (Å²) in [5.74, 6) is -0.262. The largest absolute Gasteiger partial charge is 0.469 e. The Morgan fingerprint density at radius 3 is 2.47 bits per heavy atom. The summed E-state index contributed by atoms with van der Waals surface area (Å²) in [5.41, 5.74) is 5.25. The summed E-state index contributed by atoms with van der Waals surface area (Å²) in [4.78, 5) is 21.7. The van der Waals surface area contributed by atoms with Crippen molar-refractivity contribution in [2.45, 2.75) is 25.7 Å². The van der Waals surface area contributed by atoms with Gasteiger partial charge < -0.3 is 15.8 Å². The lowest BCUT2D eigenvalue weighted by atomic mass is 10.2. The van der Waals surface area contributed by atoms with Crippen LogP contribution in [0.15, 0.2) is 0 Å². The average Bonchev–Trinajstić information content (AvgIpc) is 2.21. The van der Waals surface area contributed by atoms with Crippen molar-refractivity contribution in [2.75, 3.05) is 20.2 Å². The van der Waals surface area contributed by atoms with Gasteiger partial charge in [-0.1, -0.05) is 0 Å². The van der Waals surface area contributed by atoms with Gasteiger partial charge in [-0.15, -0.1) is 12.4 Å². The molecule has 0 aliphatic heterocycles. The number of methoxy groups -OCH3 is 1. The number of nitrogens with one attached hydrogen (secondary N) is 1. The van der Waals surface area contributed by atoms with Crippen LogP contribution in [-0.2, 0) is 14.3 Å². The fraction of sp³-hybridized carbons (Fsp3) is 0.778. The van der Waals surface area contributed by atoms with Crippen molar-refractivity contribution in [3.63, 3.8) is 0 Å². The molecule has 0 spiro atoms. The van der Waals surface area contributed by atoms with Crippen LogP contribution in [0.2, 0.25) is 0 Å². The molecule has 0 fully saturated rings. The molecule has 0 aromatic rings. The molecule has 5 nitrogen and oxygen atoms in total. The van der Waals surface area contributed by atoms with Gasteiger partial charge in [-0.05, 0) is 19.4 Å². The van der Waals surface area contributed by atoms with Gasteiger partial charge in [-0.25, -0.2) is 0 Å². The summed E-state index contributed by atoms with van der Waals surface area (Å²) in [7, 11) is 1.35. The Bertz CT molecular complexity index is 188. The molecule has 6 heteroatoms. The van der Waals surface area contributed by atoms with Crippen LogP contribution < -0.4 is 11.1 Å². The molecule has 0 aliphatic rings. The maximum atomic E-state index is 11.0. The van der Waals surface area contributed by atoms with Crippen molar-refractivity contribution in [3.8, 4) is 0 Å². The number of rotatable bonds is 7. The molecule has 0 aromatic heterocycles. The third kappa shape index (κ3) is 11.1. The fourth-order valence-corrected chi connectivity index (χ4v) is 0.914. The Kier molecular flexibility index (Phi) is 12.5. The monoisotopic (exact) mass is 238 g/mol. The molecular formula is C9H19ClN2O3. The highest BCUT2D eigenvalue weighted by Crippen LogP contribution is 1.91. The topological polar surface area (TPSA) is 81.4 Å². The Morgan fingerprint density at radius 2 is 1.93 bits per heavy atom. The molecule has 0 unspecified atom stereocenters. The third-order valence-corrected chi connectivity index (χ3v) is 1.72. The molecule has 1 amide bonds. The van der Waals surface area contributed by atoms with Gasteiger partial charge in [0.1, 0.15) is 0 Å². The normalized spacial score (nSPS) is 8.93. The minimum Gasteiger partial charge on any atom is -0.469 e. The number of esters is 1. The molecule has 90 valence electrons. The summed E-state index contributed by atoms with van der Waals surface area (Å²) in [6.45, 7) is 1.04. The van der Waals surface area contributed by atoms with Crippen LogP contribution in [0.5, 0.6) is 0 Å². The molecule has 0 bridgehead atoms. The van der Waals surface area contributed by atoms with Gasteiger partial charge in [0, 0.05) is 19.4 Å². The van der Waals surface area contributed by atoms with Crippen molar-refractivity contribution in [2.24, 2.45) is 5.73 Å². The van der Waals surface area contributed by atoms with Gasteiger partial charge in [0.05, 0.1) is 7.11 Å². The van der Waals surface area contributed by atoms with E-state index in [0.717, 1.165) is 0 Å². The molecule has 0 aromatic carbocycles. The molecule has 0 aliphatic carbocycles. The number of nitrogens with two attached hydrogens (primary N) is 1. The van der Waals surface area contributed by atoms with Gasteiger partial charge >= 0.3 is 5.97 Å². The van der Waals surface area contributed by atoms with E-state index in [4.69, 9.17) is 5.73 Å². The van der Waals surface area contributed by atoms with E-state index in [1.54, 1.807) is 0 Å². The maximum absolute atomic E-state index is 11.0. The SMILES string of the molecule is COC(=O)CCCNC(=O)CCCN.Cl. The molecule has 0 atom stereocenters. The van der Waals surface area contributed by atoms with Crippen LogP contribution in [0.3, 0.4) is 0 Å². The van der Waals surface area contributed by atoms with E-state index in [1.165, 1.54) is 7.11 Å². The van der Waals surface area contributed by atoms with E-state index in [-0.39, 0.29) is 24.3 Å². The number of ether oxygens (including phenoxy) is 1. The van der Waals surface area contributed by atoms with Crippen molar-refractivity contribution in [1.29, 1.82) is 0 Å². The molecule has 15 heavy (non-hydrogen) atoms. The smallest absolute Gasteiger partial charge is 0.305 e. The van der Waals surface area contributed by atoms with E-state index in [1.807, 2.05) is 0 Å². The number of halogens is 1. The number of carbonyl (C=O) groups is 2. The van der Waals surface area contributed by atoms with Gasteiger partial charge in [0.2, 0.25) is 5.91 Å². The molecular weight excluding hydrogens is 220 g/mol. The van der Waals surface area contributed by atoms with Crippen LogP contribution in [0.1, 0.15) is 25.7 Å². The lowest BCUT2D eigenvalue weighted by Gasteiger charge is -2.03. The number of carbonyl (C=O) groups excluding carboxylic acids is 2. The van der Waals surface area contributed by atoms with Crippen molar-refractivity contribution in [1.82, 2.24) is 5.32 Å². The van der Waals surface area contributed by atoms with Gasteiger partial charge in [-0.3, -0.25) is 9.59 Å². The minimum atomic E-state index is -0.249. The van der Waals surface area contributed by atoms with Crippen LogP contribution >= 0.6 is 12.4 Å². The number of amides is 1. The lowest BCUT2D eigenvalue weighted by Crippen LogP contribution is -2.25. The van der Waals surface area contributed by atoms with Gasteiger partial charge in [0.15, 0.2) is 0 Å². The lowest BCUT2D eigenvalue weighted by molar-refractivity contribution is -0.140. The highest BCUT2D eigenvalue weighted by atomic mass is 35.5. The predicted octanol–water partition coefficient (Wildman–Crippen LogP) is 0.216. The molecule has 3 N–H and O–H groups in total.